The number of methoxy groups -OCH3 is 1. The highest BCUT2D eigenvalue weighted by Crippen LogP contribution is 2.27. The number of ether oxygens (including phenoxy) is 1. The maximum absolute atomic E-state index is 11.5. The molecule has 1 aromatic carbocycles. The molecule has 0 unspecified atom stereocenters. The molecule has 20 heavy (non-hydrogen) atoms. The number of hydrogen-bond acceptors (Lipinski definition) is 4. The van der Waals surface area contributed by atoms with Gasteiger partial charge in [0.2, 0.25) is 0 Å². The first-order chi connectivity index (χ1) is 9.70. The lowest BCUT2D eigenvalue weighted by Gasteiger charge is -2.02. The van der Waals surface area contributed by atoms with E-state index < -0.39 is 5.97 Å². The van der Waals surface area contributed by atoms with Crippen LogP contribution in [0.4, 0.5) is 0 Å². The minimum Gasteiger partial charge on any atom is -0.497 e. The molecule has 0 radical (unpaired) electrons. The van der Waals surface area contributed by atoms with Crippen LogP contribution in [0.1, 0.15) is 10.4 Å². The van der Waals surface area contributed by atoms with Crippen molar-refractivity contribution in [2.24, 2.45) is 0 Å². The molecule has 0 spiro atoms. The average molecular weight is 269 g/mol. The normalized spacial score (nSPS) is 10.7. The molecule has 3 aromatic rings. The smallest absolute Gasteiger partial charge is 0.341 e. The molecule has 2 heterocycles. The Morgan fingerprint density at radius 2 is 2.20 bits per heavy atom. The van der Waals surface area contributed by atoms with Crippen molar-refractivity contribution in [2.45, 2.75) is 0 Å². The average Bonchev–Trinajstić information content (AvgIpc) is 2.87. The van der Waals surface area contributed by atoms with Crippen molar-refractivity contribution in [2.75, 3.05) is 7.11 Å². The topological polar surface area (TPSA) is 76.7 Å². The number of benzene rings is 1. The van der Waals surface area contributed by atoms with E-state index >= 15 is 0 Å². The number of aromatic nitrogens is 3. The molecule has 0 fully saturated rings. The number of carboxylic acids is 1. The molecule has 0 aliphatic rings. The van der Waals surface area contributed by atoms with E-state index in [0.29, 0.717) is 22.7 Å². The monoisotopic (exact) mass is 269 g/mol. The van der Waals surface area contributed by atoms with Crippen molar-refractivity contribution in [3.05, 3.63) is 48.3 Å². The van der Waals surface area contributed by atoms with Crippen LogP contribution in [0.15, 0.2) is 42.7 Å². The molecule has 0 atom stereocenters. The van der Waals surface area contributed by atoms with Crippen LogP contribution in [0, 0.1) is 0 Å². The second kappa shape index (κ2) is 4.65. The molecular weight excluding hydrogens is 258 g/mol. The Morgan fingerprint density at radius 1 is 1.35 bits per heavy atom. The van der Waals surface area contributed by atoms with Gasteiger partial charge in [-0.05, 0) is 18.2 Å². The van der Waals surface area contributed by atoms with Gasteiger partial charge in [0.05, 0.1) is 7.11 Å². The standard InChI is InChI=1S/C14H11N3O3/c1-20-10-5-2-4-9(8-10)12-11(14(18)19)13-15-6-3-7-17(13)16-12/h2-8H,1H3,(H,18,19). The lowest BCUT2D eigenvalue weighted by atomic mass is 10.1. The second-order valence-corrected chi connectivity index (χ2v) is 4.15. The van der Waals surface area contributed by atoms with Crippen LogP contribution in [-0.4, -0.2) is 32.8 Å². The summed E-state index contributed by atoms with van der Waals surface area (Å²) in [6.45, 7) is 0. The van der Waals surface area contributed by atoms with Gasteiger partial charge in [-0.15, -0.1) is 0 Å². The van der Waals surface area contributed by atoms with Gasteiger partial charge in [-0.2, -0.15) is 5.10 Å². The fraction of sp³-hybridized carbons (Fsp3) is 0.0714. The number of nitrogens with zero attached hydrogens (tertiary/aromatic N) is 3. The quantitative estimate of drug-likeness (QED) is 0.788. The zero-order chi connectivity index (χ0) is 14.1. The van der Waals surface area contributed by atoms with E-state index in [0.717, 1.165) is 0 Å². The van der Waals surface area contributed by atoms with Crippen molar-refractivity contribution in [1.29, 1.82) is 0 Å². The van der Waals surface area contributed by atoms with Gasteiger partial charge in [0.15, 0.2) is 5.65 Å². The van der Waals surface area contributed by atoms with Gasteiger partial charge < -0.3 is 9.84 Å². The first-order valence-electron chi connectivity index (χ1n) is 5.92. The summed E-state index contributed by atoms with van der Waals surface area (Å²) in [5.41, 5.74) is 1.44. The number of fused-ring (bicyclic) bond motifs is 1. The van der Waals surface area contributed by atoms with Crippen molar-refractivity contribution >= 4 is 11.6 Å². The zero-order valence-electron chi connectivity index (χ0n) is 10.6. The summed E-state index contributed by atoms with van der Waals surface area (Å²) in [6, 6.07) is 8.81. The van der Waals surface area contributed by atoms with Crippen LogP contribution in [0.3, 0.4) is 0 Å². The molecule has 0 aliphatic carbocycles. The van der Waals surface area contributed by atoms with Crippen molar-refractivity contribution in [3.8, 4) is 17.0 Å². The number of rotatable bonds is 3. The van der Waals surface area contributed by atoms with Gasteiger partial charge in [0.1, 0.15) is 17.0 Å². The van der Waals surface area contributed by atoms with Gasteiger partial charge in [0.25, 0.3) is 0 Å². The summed E-state index contributed by atoms with van der Waals surface area (Å²) in [7, 11) is 1.56. The summed E-state index contributed by atoms with van der Waals surface area (Å²) in [4.78, 5) is 15.6. The molecule has 0 saturated heterocycles. The third kappa shape index (κ3) is 1.87. The molecule has 0 bridgehead atoms. The van der Waals surface area contributed by atoms with Gasteiger partial charge in [-0.25, -0.2) is 14.3 Å². The Labute approximate surface area is 114 Å². The summed E-state index contributed by atoms with van der Waals surface area (Å²) in [6.07, 6.45) is 3.21. The summed E-state index contributed by atoms with van der Waals surface area (Å²) < 4.78 is 6.61. The Bertz CT molecular complexity index is 795. The summed E-state index contributed by atoms with van der Waals surface area (Å²) in [5, 5.41) is 13.7. The molecule has 2 aromatic heterocycles. The largest absolute Gasteiger partial charge is 0.497 e. The highest BCUT2D eigenvalue weighted by atomic mass is 16.5. The summed E-state index contributed by atoms with van der Waals surface area (Å²) in [5.74, 6) is -0.416. The van der Waals surface area contributed by atoms with Crippen molar-refractivity contribution < 1.29 is 14.6 Å². The minimum absolute atomic E-state index is 0.0823. The van der Waals surface area contributed by atoms with Crippen LogP contribution < -0.4 is 4.74 Å². The van der Waals surface area contributed by atoms with E-state index in [1.165, 1.54) is 4.52 Å². The first-order valence-corrected chi connectivity index (χ1v) is 5.92. The maximum atomic E-state index is 11.5. The highest BCUT2D eigenvalue weighted by molar-refractivity contribution is 6.01. The molecule has 6 heteroatoms. The molecule has 0 amide bonds. The number of aromatic carboxylic acids is 1. The van der Waals surface area contributed by atoms with Gasteiger partial charge in [-0.1, -0.05) is 12.1 Å². The third-order valence-electron chi connectivity index (χ3n) is 2.95. The molecule has 100 valence electrons. The Hall–Kier alpha value is -2.89. The van der Waals surface area contributed by atoms with E-state index in [9.17, 15) is 9.90 Å². The van der Waals surface area contributed by atoms with E-state index in [4.69, 9.17) is 4.74 Å². The van der Waals surface area contributed by atoms with Crippen molar-refractivity contribution in [3.63, 3.8) is 0 Å². The molecule has 0 saturated carbocycles. The van der Waals surface area contributed by atoms with Crippen LogP contribution >= 0.6 is 0 Å². The number of carboxylic acid groups (broad SMARTS) is 1. The number of hydrogen-bond donors (Lipinski definition) is 1. The molecule has 6 nitrogen and oxygen atoms in total. The SMILES string of the molecule is COc1cccc(-c2nn3cccnc3c2C(=O)O)c1. The fourth-order valence-electron chi connectivity index (χ4n) is 2.06. The Morgan fingerprint density at radius 3 is 2.95 bits per heavy atom. The van der Waals surface area contributed by atoms with Crippen LogP contribution in [0.5, 0.6) is 5.75 Å². The van der Waals surface area contributed by atoms with Crippen LogP contribution in [-0.2, 0) is 0 Å². The predicted octanol–water partition coefficient (Wildman–Crippen LogP) is 2.10. The first kappa shape index (κ1) is 12.2. The zero-order valence-corrected chi connectivity index (χ0v) is 10.6. The lowest BCUT2D eigenvalue weighted by Crippen LogP contribution is -1.99. The fourth-order valence-corrected chi connectivity index (χ4v) is 2.06. The van der Waals surface area contributed by atoms with Crippen LogP contribution in [0.25, 0.3) is 16.9 Å². The molecular formula is C14H11N3O3. The Kier molecular flexibility index (Phi) is 2.83. The number of carbonyl (C=O) groups is 1. The van der Waals surface area contributed by atoms with Gasteiger partial charge >= 0.3 is 5.97 Å². The summed E-state index contributed by atoms with van der Waals surface area (Å²) >= 11 is 0. The minimum atomic E-state index is -1.06. The van der Waals surface area contributed by atoms with E-state index in [2.05, 4.69) is 10.1 Å². The molecule has 1 N–H and O–H groups in total. The molecule has 0 aliphatic heterocycles. The van der Waals surface area contributed by atoms with Gasteiger partial charge in [-0.3, -0.25) is 0 Å². The van der Waals surface area contributed by atoms with Crippen LogP contribution in [0.2, 0.25) is 0 Å². The van der Waals surface area contributed by atoms with Crippen molar-refractivity contribution in [1.82, 2.24) is 14.6 Å². The predicted molar refractivity (Wildman–Crippen MR) is 71.9 cm³/mol. The molecule has 3 rings (SSSR count). The van der Waals surface area contributed by atoms with E-state index in [1.807, 2.05) is 0 Å². The highest BCUT2D eigenvalue weighted by Gasteiger charge is 2.21. The van der Waals surface area contributed by atoms with Gasteiger partial charge in [0, 0.05) is 18.0 Å². The maximum Gasteiger partial charge on any atom is 0.341 e. The van der Waals surface area contributed by atoms with E-state index in [-0.39, 0.29) is 5.56 Å². The Balaban J connectivity index is 2.29. The van der Waals surface area contributed by atoms with E-state index in [1.54, 1.807) is 49.8 Å². The second-order valence-electron chi connectivity index (χ2n) is 4.15. The third-order valence-corrected chi connectivity index (χ3v) is 2.95. The lowest BCUT2D eigenvalue weighted by molar-refractivity contribution is 0.0699.